The highest BCUT2D eigenvalue weighted by Gasteiger charge is 2.65. The fourth-order valence-corrected chi connectivity index (χ4v) is 5.25. The molecule has 4 aliphatic rings. The molecule has 4 rings (SSSR count). The molecule has 0 radical (unpaired) electrons. The van der Waals surface area contributed by atoms with Gasteiger partial charge in [-0.3, -0.25) is 0 Å². The molecule has 3 heterocycles. The summed E-state index contributed by atoms with van der Waals surface area (Å²) in [7, 11) is 0. The van der Waals surface area contributed by atoms with Crippen LogP contribution in [0.5, 0.6) is 0 Å². The summed E-state index contributed by atoms with van der Waals surface area (Å²) in [4.78, 5) is 0. The maximum Gasteiger partial charge on any atom is 0.208 e. The van der Waals surface area contributed by atoms with Crippen molar-refractivity contribution in [3.05, 3.63) is 12.3 Å². The lowest BCUT2D eigenvalue weighted by Gasteiger charge is -2.44. The first-order chi connectivity index (χ1) is 17.0. The van der Waals surface area contributed by atoms with Gasteiger partial charge in [0.15, 0.2) is 12.6 Å². The molecule has 0 aromatic rings. The van der Waals surface area contributed by atoms with Crippen LogP contribution in [0.1, 0.15) is 6.92 Å². The minimum atomic E-state index is -2.30. The van der Waals surface area contributed by atoms with Crippen LogP contribution in [-0.2, 0) is 23.7 Å². The van der Waals surface area contributed by atoms with Crippen molar-refractivity contribution >= 4 is 0 Å². The number of aliphatic hydroxyl groups excluding tert-OH is 9. The Morgan fingerprint density at radius 1 is 0.778 bits per heavy atom. The SMILES string of the molecule is CC1OC(OC2C3C=COC(OC4OC(CO)C(O)C(O)C4O)C3C(O)(CO)C2O)C(O)C(O)C1O. The lowest BCUT2D eigenvalue weighted by molar-refractivity contribution is -0.348. The van der Waals surface area contributed by atoms with Gasteiger partial charge in [0.2, 0.25) is 6.29 Å². The van der Waals surface area contributed by atoms with Gasteiger partial charge >= 0.3 is 0 Å². The second-order valence-electron chi connectivity index (χ2n) is 9.65. The van der Waals surface area contributed by atoms with Crippen molar-refractivity contribution in [3.8, 4) is 0 Å². The third-order valence-corrected chi connectivity index (χ3v) is 7.47. The molecule has 0 bridgehead atoms. The van der Waals surface area contributed by atoms with E-state index >= 15 is 0 Å². The Morgan fingerprint density at radius 2 is 1.39 bits per heavy atom. The molecule has 15 nitrogen and oxygen atoms in total. The first kappa shape index (κ1) is 28.0. The van der Waals surface area contributed by atoms with Crippen molar-refractivity contribution in [1.29, 1.82) is 0 Å². The Hall–Kier alpha value is -1.02. The Kier molecular flexibility index (Phi) is 8.26. The molecular weight excluding hydrogens is 492 g/mol. The largest absolute Gasteiger partial charge is 0.472 e. The van der Waals surface area contributed by atoms with Gasteiger partial charge in [0.05, 0.1) is 37.6 Å². The Bertz CT molecular complexity index is 782. The van der Waals surface area contributed by atoms with Gasteiger partial charge in [-0.2, -0.15) is 0 Å². The van der Waals surface area contributed by atoms with Gasteiger partial charge in [0, 0.05) is 5.92 Å². The molecule has 15 heteroatoms. The van der Waals surface area contributed by atoms with E-state index in [1.165, 1.54) is 13.0 Å². The number of aliphatic hydroxyl groups is 10. The second kappa shape index (κ2) is 10.6. The zero-order valence-corrected chi connectivity index (χ0v) is 19.2. The predicted octanol–water partition coefficient (Wildman–Crippen LogP) is -5.78. The first-order valence-corrected chi connectivity index (χ1v) is 11.6. The Morgan fingerprint density at radius 3 is 2.00 bits per heavy atom. The average Bonchev–Trinajstić information content (AvgIpc) is 3.09. The monoisotopic (exact) mass is 526 g/mol. The lowest BCUT2D eigenvalue weighted by Crippen LogP contribution is -2.61. The van der Waals surface area contributed by atoms with Crippen LogP contribution in [0.3, 0.4) is 0 Å². The van der Waals surface area contributed by atoms with E-state index in [0.29, 0.717) is 0 Å². The van der Waals surface area contributed by atoms with E-state index in [9.17, 15) is 51.1 Å². The molecular formula is C21H34O15. The van der Waals surface area contributed by atoms with Gasteiger partial charge in [-0.25, -0.2) is 0 Å². The number of rotatable bonds is 6. The van der Waals surface area contributed by atoms with Crippen molar-refractivity contribution in [2.45, 2.75) is 92.4 Å². The molecule has 1 saturated carbocycles. The van der Waals surface area contributed by atoms with Gasteiger partial charge < -0.3 is 74.7 Å². The zero-order chi connectivity index (χ0) is 26.5. The topological polar surface area (TPSA) is 248 Å². The van der Waals surface area contributed by atoms with E-state index in [1.54, 1.807) is 0 Å². The summed E-state index contributed by atoms with van der Waals surface area (Å²) in [5, 5.41) is 102. The minimum Gasteiger partial charge on any atom is -0.472 e. The summed E-state index contributed by atoms with van der Waals surface area (Å²) in [6.45, 7) is -0.264. The molecule has 0 aromatic carbocycles. The Labute approximate surface area is 205 Å². The third kappa shape index (κ3) is 4.56. The molecule has 10 N–H and O–H groups in total. The van der Waals surface area contributed by atoms with Crippen molar-refractivity contribution in [2.75, 3.05) is 13.2 Å². The van der Waals surface area contributed by atoms with Crippen LogP contribution in [0.25, 0.3) is 0 Å². The molecule has 1 aliphatic carbocycles. The lowest BCUT2D eigenvalue weighted by atomic mass is 9.83. The molecule has 36 heavy (non-hydrogen) atoms. The second-order valence-corrected chi connectivity index (χ2v) is 9.65. The summed E-state index contributed by atoms with van der Waals surface area (Å²) in [6, 6.07) is 0. The van der Waals surface area contributed by atoms with Gasteiger partial charge in [-0.1, -0.05) is 0 Å². The van der Waals surface area contributed by atoms with E-state index in [-0.39, 0.29) is 0 Å². The fourth-order valence-electron chi connectivity index (χ4n) is 5.25. The van der Waals surface area contributed by atoms with E-state index in [2.05, 4.69) is 0 Å². The van der Waals surface area contributed by atoms with Crippen molar-refractivity contribution in [1.82, 2.24) is 0 Å². The van der Waals surface area contributed by atoms with Gasteiger partial charge in [-0.15, -0.1) is 0 Å². The zero-order valence-electron chi connectivity index (χ0n) is 19.2. The quantitative estimate of drug-likeness (QED) is 0.155. The molecule has 3 aliphatic heterocycles. The average molecular weight is 526 g/mol. The van der Waals surface area contributed by atoms with Gasteiger partial charge in [-0.05, 0) is 13.0 Å². The maximum absolute atomic E-state index is 11.2. The van der Waals surface area contributed by atoms with E-state index in [0.717, 1.165) is 6.26 Å². The van der Waals surface area contributed by atoms with Crippen LogP contribution in [0, 0.1) is 11.8 Å². The van der Waals surface area contributed by atoms with Crippen LogP contribution < -0.4 is 0 Å². The van der Waals surface area contributed by atoms with Crippen molar-refractivity contribution in [2.24, 2.45) is 11.8 Å². The van der Waals surface area contributed by atoms with Crippen LogP contribution >= 0.6 is 0 Å². The number of hydrogen-bond donors (Lipinski definition) is 10. The standard InChI is InChI=1S/C21H34O15/c1-6-10(24)12(26)14(28)19(33-6)35-16-7-2-3-32-18(9(7)21(31,5-23)17(16)30)36-20-15(29)13(27)11(25)8(4-22)34-20/h2-3,6-20,22-31H,4-5H2,1H3. The maximum atomic E-state index is 11.2. The number of fused-ring (bicyclic) bond motifs is 1. The number of ether oxygens (including phenoxy) is 5. The first-order valence-electron chi connectivity index (χ1n) is 11.6. The van der Waals surface area contributed by atoms with Gasteiger partial charge in [0.25, 0.3) is 0 Å². The summed E-state index contributed by atoms with van der Waals surface area (Å²) in [5.74, 6) is -2.19. The third-order valence-electron chi connectivity index (χ3n) is 7.47. The van der Waals surface area contributed by atoms with Crippen molar-refractivity contribution < 1.29 is 74.7 Å². The molecule has 208 valence electrons. The van der Waals surface area contributed by atoms with Crippen LogP contribution in [0.15, 0.2) is 12.3 Å². The van der Waals surface area contributed by atoms with Crippen LogP contribution in [0.2, 0.25) is 0 Å². The minimum absolute atomic E-state index is 0.708. The molecule has 0 spiro atoms. The fraction of sp³-hybridized carbons (Fsp3) is 0.905. The van der Waals surface area contributed by atoms with Crippen LogP contribution in [0.4, 0.5) is 0 Å². The highest BCUT2D eigenvalue weighted by atomic mass is 16.8. The van der Waals surface area contributed by atoms with E-state index in [4.69, 9.17) is 23.7 Å². The summed E-state index contributed by atoms with van der Waals surface area (Å²) in [6.07, 6.45) is -17.3. The van der Waals surface area contributed by atoms with Gasteiger partial charge in [0.1, 0.15) is 54.4 Å². The number of hydrogen-bond acceptors (Lipinski definition) is 15. The molecule has 16 atom stereocenters. The van der Waals surface area contributed by atoms with E-state index in [1.807, 2.05) is 0 Å². The highest BCUT2D eigenvalue weighted by Crippen LogP contribution is 2.49. The summed E-state index contributed by atoms with van der Waals surface area (Å²) < 4.78 is 27.6. The molecule has 0 amide bonds. The smallest absolute Gasteiger partial charge is 0.208 e. The summed E-state index contributed by atoms with van der Waals surface area (Å²) in [5.41, 5.74) is -2.30. The summed E-state index contributed by atoms with van der Waals surface area (Å²) >= 11 is 0. The Balaban J connectivity index is 1.56. The predicted molar refractivity (Wildman–Crippen MR) is 111 cm³/mol. The van der Waals surface area contributed by atoms with E-state index < -0.39 is 111 Å². The molecule has 3 fully saturated rings. The molecule has 0 aromatic heterocycles. The molecule has 2 saturated heterocycles. The van der Waals surface area contributed by atoms with Crippen LogP contribution in [-0.4, -0.2) is 150 Å². The highest BCUT2D eigenvalue weighted by molar-refractivity contribution is 5.17. The normalized spacial score (nSPS) is 55.2. The van der Waals surface area contributed by atoms with Crippen molar-refractivity contribution in [3.63, 3.8) is 0 Å². The molecule has 16 unspecified atom stereocenters.